The van der Waals surface area contributed by atoms with Crippen molar-refractivity contribution in [2.24, 2.45) is 17.3 Å². The maximum Gasteiger partial charge on any atom is 0.417 e. The van der Waals surface area contributed by atoms with Gasteiger partial charge in [0.2, 0.25) is 5.91 Å². The molecule has 34 heavy (non-hydrogen) atoms. The summed E-state index contributed by atoms with van der Waals surface area (Å²) in [5.41, 5.74) is -0.869. The highest BCUT2D eigenvalue weighted by molar-refractivity contribution is 5.80. The Balaban J connectivity index is 1.47. The zero-order valence-corrected chi connectivity index (χ0v) is 19.6. The minimum atomic E-state index is -4.57. The number of ether oxygens (including phenoxy) is 2. The van der Waals surface area contributed by atoms with E-state index in [0.29, 0.717) is 51.7 Å². The number of anilines is 1. The minimum absolute atomic E-state index is 0.0948. The molecular weight excluding hydrogens is 447 g/mol. The zero-order chi connectivity index (χ0) is 24.3. The van der Waals surface area contributed by atoms with Gasteiger partial charge in [-0.3, -0.25) is 4.79 Å². The number of nitrogens with zero attached hydrogens (tertiary/aromatic N) is 3. The molecule has 1 saturated carbocycles. The third kappa shape index (κ3) is 5.03. The van der Waals surface area contributed by atoms with E-state index in [1.165, 1.54) is 6.07 Å². The van der Waals surface area contributed by atoms with Gasteiger partial charge in [0.05, 0.1) is 37.0 Å². The number of hydrogen-bond acceptors (Lipinski definition) is 5. The van der Waals surface area contributed by atoms with Crippen molar-refractivity contribution in [2.75, 3.05) is 58.0 Å². The Bertz CT molecular complexity index is 918. The molecule has 0 bridgehead atoms. The summed E-state index contributed by atoms with van der Waals surface area (Å²) in [6.45, 7) is 4.13. The number of piperidine rings is 1. The fourth-order valence-electron chi connectivity index (χ4n) is 5.55. The Labute approximate surface area is 198 Å². The summed E-state index contributed by atoms with van der Waals surface area (Å²) in [5.74, 6) is 0.585. The first-order chi connectivity index (χ1) is 16.3. The van der Waals surface area contributed by atoms with Crippen molar-refractivity contribution in [3.05, 3.63) is 29.3 Å². The van der Waals surface area contributed by atoms with Crippen LogP contribution in [0.2, 0.25) is 0 Å². The molecule has 1 aliphatic carbocycles. The molecule has 1 spiro atoms. The van der Waals surface area contributed by atoms with Crippen LogP contribution in [-0.4, -0.2) is 63.9 Å². The maximum atomic E-state index is 13.4. The van der Waals surface area contributed by atoms with E-state index in [4.69, 9.17) is 14.7 Å². The quantitative estimate of drug-likeness (QED) is 0.552. The lowest BCUT2D eigenvalue weighted by Crippen LogP contribution is -2.46. The molecule has 2 aliphatic heterocycles. The molecule has 6 nitrogen and oxygen atoms in total. The average Bonchev–Trinajstić information content (AvgIpc) is 3.13. The second kappa shape index (κ2) is 10.1. The van der Waals surface area contributed by atoms with Crippen LogP contribution in [0.5, 0.6) is 0 Å². The van der Waals surface area contributed by atoms with Gasteiger partial charge in [0.1, 0.15) is 0 Å². The molecule has 1 amide bonds. The Morgan fingerprint density at radius 3 is 2.56 bits per heavy atom. The lowest BCUT2D eigenvalue weighted by atomic mass is 9.71. The predicted octanol–water partition coefficient (Wildman–Crippen LogP) is 4.09. The minimum Gasteiger partial charge on any atom is -0.382 e. The maximum absolute atomic E-state index is 13.4. The van der Waals surface area contributed by atoms with Crippen molar-refractivity contribution in [2.45, 2.75) is 38.3 Å². The number of carbonyl (C=O) groups is 1. The summed E-state index contributed by atoms with van der Waals surface area (Å²) in [4.78, 5) is 16.9. The SMILES string of the molecule is COCCOCC1CN(C(=O)C2CCC2)CC12CCN(c1ccc(C#N)c(C(F)(F)F)c1)CC2. The highest BCUT2D eigenvalue weighted by Crippen LogP contribution is 2.47. The highest BCUT2D eigenvalue weighted by atomic mass is 19.4. The van der Waals surface area contributed by atoms with Crippen molar-refractivity contribution in [3.8, 4) is 6.07 Å². The number of hydrogen-bond donors (Lipinski definition) is 0. The molecule has 0 radical (unpaired) electrons. The number of likely N-dealkylation sites (tertiary alicyclic amines) is 1. The number of benzene rings is 1. The van der Waals surface area contributed by atoms with E-state index < -0.39 is 11.7 Å². The van der Waals surface area contributed by atoms with Crippen molar-refractivity contribution in [1.29, 1.82) is 5.26 Å². The lowest BCUT2D eigenvalue weighted by molar-refractivity contribution is -0.138. The molecule has 0 aromatic heterocycles. The monoisotopic (exact) mass is 479 g/mol. The average molecular weight is 480 g/mol. The summed E-state index contributed by atoms with van der Waals surface area (Å²) in [7, 11) is 1.63. The Morgan fingerprint density at radius 2 is 1.97 bits per heavy atom. The van der Waals surface area contributed by atoms with Gasteiger partial charge in [0.15, 0.2) is 0 Å². The van der Waals surface area contributed by atoms with E-state index >= 15 is 0 Å². The van der Waals surface area contributed by atoms with E-state index in [1.54, 1.807) is 19.2 Å². The summed E-state index contributed by atoms with van der Waals surface area (Å²) in [6, 6.07) is 5.58. The molecule has 3 aliphatic rings. The smallest absolute Gasteiger partial charge is 0.382 e. The van der Waals surface area contributed by atoms with E-state index in [2.05, 4.69) is 0 Å². The van der Waals surface area contributed by atoms with Crippen molar-refractivity contribution in [3.63, 3.8) is 0 Å². The van der Waals surface area contributed by atoms with Gasteiger partial charge in [-0.05, 0) is 49.3 Å². The zero-order valence-electron chi connectivity index (χ0n) is 19.6. The first-order valence-corrected chi connectivity index (χ1v) is 12.0. The Morgan fingerprint density at radius 1 is 1.24 bits per heavy atom. The molecule has 186 valence electrons. The van der Waals surface area contributed by atoms with Crippen molar-refractivity contribution >= 4 is 11.6 Å². The molecule has 1 unspecified atom stereocenters. The molecule has 1 aromatic rings. The number of alkyl halides is 3. The molecule has 2 heterocycles. The second-order valence-electron chi connectivity index (χ2n) is 9.80. The van der Waals surface area contributed by atoms with Crippen LogP contribution in [0.3, 0.4) is 0 Å². The summed E-state index contributed by atoms with van der Waals surface area (Å²) < 4.78 is 51.3. The molecule has 9 heteroatoms. The van der Waals surface area contributed by atoms with Gasteiger partial charge in [-0.1, -0.05) is 6.42 Å². The number of carbonyl (C=O) groups excluding carboxylic acids is 1. The second-order valence-corrected chi connectivity index (χ2v) is 9.80. The Hall–Kier alpha value is -2.31. The molecule has 1 aromatic carbocycles. The number of amides is 1. The normalized spacial score (nSPS) is 22.6. The van der Waals surface area contributed by atoms with E-state index in [1.807, 2.05) is 9.80 Å². The van der Waals surface area contributed by atoms with Gasteiger partial charge < -0.3 is 19.3 Å². The molecule has 1 atom stereocenters. The van der Waals surface area contributed by atoms with Crippen LogP contribution in [0, 0.1) is 28.6 Å². The third-order valence-electron chi connectivity index (χ3n) is 7.88. The number of methoxy groups -OCH3 is 1. The molecule has 2 saturated heterocycles. The fourth-order valence-corrected chi connectivity index (χ4v) is 5.55. The van der Waals surface area contributed by atoms with Crippen LogP contribution in [0.4, 0.5) is 18.9 Å². The van der Waals surface area contributed by atoms with E-state index in [0.717, 1.165) is 38.2 Å². The predicted molar refractivity (Wildman–Crippen MR) is 120 cm³/mol. The topological polar surface area (TPSA) is 65.8 Å². The summed E-state index contributed by atoms with van der Waals surface area (Å²) in [6.07, 6.45) is 0.0217. The van der Waals surface area contributed by atoms with Gasteiger partial charge in [0.25, 0.3) is 0 Å². The van der Waals surface area contributed by atoms with Crippen LogP contribution >= 0.6 is 0 Å². The van der Waals surface area contributed by atoms with E-state index in [9.17, 15) is 18.0 Å². The van der Waals surface area contributed by atoms with Crippen LogP contribution in [0.25, 0.3) is 0 Å². The van der Waals surface area contributed by atoms with Crippen molar-refractivity contribution < 1.29 is 27.4 Å². The molecule has 4 rings (SSSR count). The van der Waals surface area contributed by atoms with Gasteiger partial charge in [-0.15, -0.1) is 0 Å². The van der Waals surface area contributed by atoms with Crippen LogP contribution in [0.15, 0.2) is 18.2 Å². The third-order valence-corrected chi connectivity index (χ3v) is 7.88. The van der Waals surface area contributed by atoms with Gasteiger partial charge in [0, 0.05) is 50.8 Å². The van der Waals surface area contributed by atoms with Crippen LogP contribution in [-0.2, 0) is 20.4 Å². The van der Waals surface area contributed by atoms with Gasteiger partial charge in [-0.25, -0.2) is 0 Å². The fraction of sp³-hybridized carbons (Fsp3) is 0.680. The summed E-state index contributed by atoms with van der Waals surface area (Å²) in [5, 5.41) is 9.07. The largest absolute Gasteiger partial charge is 0.417 e. The molecule has 3 fully saturated rings. The van der Waals surface area contributed by atoms with Gasteiger partial charge in [-0.2, -0.15) is 18.4 Å². The highest BCUT2D eigenvalue weighted by Gasteiger charge is 2.50. The first-order valence-electron chi connectivity index (χ1n) is 12.0. The standard InChI is InChI=1S/C25H32F3N3O3/c1-33-11-12-34-16-20-15-31(23(32)18-3-2-4-18)17-24(20)7-9-30(10-8-24)21-6-5-19(14-29)22(13-21)25(26,27)28/h5-6,13,18,20H,2-4,7-12,15-17H2,1H3. The first kappa shape index (κ1) is 24.8. The van der Waals surface area contributed by atoms with Crippen LogP contribution < -0.4 is 4.90 Å². The molecular formula is C25H32F3N3O3. The van der Waals surface area contributed by atoms with E-state index in [-0.39, 0.29) is 28.7 Å². The molecule has 0 N–H and O–H groups in total. The lowest BCUT2D eigenvalue weighted by Gasteiger charge is -2.43. The number of rotatable bonds is 7. The Kier molecular flexibility index (Phi) is 7.39. The van der Waals surface area contributed by atoms with Crippen molar-refractivity contribution in [1.82, 2.24) is 4.90 Å². The summed E-state index contributed by atoms with van der Waals surface area (Å²) >= 11 is 0. The number of halogens is 3. The van der Waals surface area contributed by atoms with Crippen LogP contribution in [0.1, 0.15) is 43.2 Å². The number of nitriles is 1. The van der Waals surface area contributed by atoms with Gasteiger partial charge >= 0.3 is 6.18 Å².